The average Bonchev–Trinajstić information content (AvgIpc) is 2.36. The summed E-state index contributed by atoms with van der Waals surface area (Å²) in [5.41, 5.74) is 14.0. The summed E-state index contributed by atoms with van der Waals surface area (Å²) in [5, 5.41) is 12.4. The fraction of sp³-hybridized carbons (Fsp3) is 0.417. The molecular weight excluding hydrogens is 218 g/mol. The average molecular weight is 235 g/mol. The molecule has 0 saturated heterocycles. The number of nitrogens with one attached hydrogen (secondary N) is 1. The van der Waals surface area contributed by atoms with Crippen LogP contribution in [0.2, 0.25) is 0 Å². The summed E-state index contributed by atoms with van der Waals surface area (Å²) < 4.78 is 0. The van der Waals surface area contributed by atoms with E-state index in [1.54, 1.807) is 0 Å². The van der Waals surface area contributed by atoms with Crippen molar-refractivity contribution < 1.29 is 9.90 Å². The molecule has 1 aromatic carbocycles. The third-order valence-electron chi connectivity index (χ3n) is 3.07. The normalized spacial score (nSPS) is 18.2. The number of carbonyl (C=O) groups excluding carboxylic acids is 1. The third-order valence-corrected chi connectivity index (χ3v) is 3.07. The number of aryl methyl sites for hydroxylation is 1. The van der Waals surface area contributed by atoms with Gasteiger partial charge in [-0.1, -0.05) is 12.1 Å². The molecule has 1 aromatic rings. The largest absolute Gasteiger partial charge is 0.390 e. The number of fused-ring (bicyclic) bond motifs is 1. The number of hydrogen-bond acceptors (Lipinski definition) is 4. The molecule has 1 aliphatic rings. The quantitative estimate of drug-likeness (QED) is 0.587. The van der Waals surface area contributed by atoms with Crippen molar-refractivity contribution in [3.8, 4) is 0 Å². The topological polar surface area (TPSA) is 101 Å². The first-order chi connectivity index (χ1) is 8.11. The molecule has 17 heavy (non-hydrogen) atoms. The Bertz CT molecular complexity index is 434. The van der Waals surface area contributed by atoms with Crippen molar-refractivity contribution in [2.75, 3.05) is 11.9 Å². The third kappa shape index (κ3) is 2.46. The molecule has 0 bridgehead atoms. The van der Waals surface area contributed by atoms with Crippen molar-refractivity contribution in [2.24, 2.45) is 11.5 Å². The van der Waals surface area contributed by atoms with Gasteiger partial charge in [-0.05, 0) is 23.6 Å². The van der Waals surface area contributed by atoms with Gasteiger partial charge in [0.2, 0.25) is 5.91 Å². The Kier molecular flexibility index (Phi) is 3.42. The smallest absolute Gasteiger partial charge is 0.224 e. The zero-order valence-corrected chi connectivity index (χ0v) is 9.52. The second-order valence-electron chi connectivity index (χ2n) is 4.29. The molecule has 92 valence electrons. The first-order valence-corrected chi connectivity index (χ1v) is 5.68. The van der Waals surface area contributed by atoms with Crippen LogP contribution in [0.15, 0.2) is 18.2 Å². The number of rotatable bonds is 3. The highest BCUT2D eigenvalue weighted by atomic mass is 16.3. The van der Waals surface area contributed by atoms with Gasteiger partial charge in [0, 0.05) is 18.7 Å². The van der Waals surface area contributed by atoms with Gasteiger partial charge in [0.1, 0.15) is 0 Å². The Labute approximate surface area is 99.8 Å². The molecule has 2 rings (SSSR count). The molecule has 1 heterocycles. The fourth-order valence-electron chi connectivity index (χ4n) is 1.98. The maximum Gasteiger partial charge on any atom is 0.224 e. The molecule has 0 spiro atoms. The van der Waals surface area contributed by atoms with E-state index < -0.39 is 12.1 Å². The van der Waals surface area contributed by atoms with Crippen LogP contribution in [0.5, 0.6) is 0 Å². The first-order valence-electron chi connectivity index (χ1n) is 5.68. The zero-order chi connectivity index (χ0) is 12.4. The molecule has 0 aromatic heterocycles. The maximum atomic E-state index is 11.2. The van der Waals surface area contributed by atoms with Gasteiger partial charge in [0.15, 0.2) is 0 Å². The predicted octanol–water partition coefficient (Wildman–Crippen LogP) is -0.109. The van der Waals surface area contributed by atoms with Gasteiger partial charge < -0.3 is 21.9 Å². The van der Waals surface area contributed by atoms with Crippen LogP contribution in [0.4, 0.5) is 5.69 Å². The minimum atomic E-state index is -0.744. The van der Waals surface area contributed by atoms with Gasteiger partial charge in [-0.15, -0.1) is 0 Å². The number of aliphatic hydroxyl groups is 1. The van der Waals surface area contributed by atoms with E-state index in [4.69, 9.17) is 11.5 Å². The molecule has 1 aliphatic heterocycles. The summed E-state index contributed by atoms with van der Waals surface area (Å²) in [6.07, 6.45) is 0.456. The molecule has 5 heteroatoms. The van der Waals surface area contributed by atoms with Crippen molar-refractivity contribution in [1.82, 2.24) is 0 Å². The van der Waals surface area contributed by atoms with E-state index in [0.717, 1.165) is 16.8 Å². The van der Waals surface area contributed by atoms with Crippen molar-refractivity contribution in [3.63, 3.8) is 0 Å². The van der Waals surface area contributed by atoms with E-state index in [1.165, 1.54) is 0 Å². The number of hydrogen-bond donors (Lipinski definition) is 4. The van der Waals surface area contributed by atoms with Crippen LogP contribution < -0.4 is 16.8 Å². The van der Waals surface area contributed by atoms with E-state index in [2.05, 4.69) is 5.32 Å². The Balaban J connectivity index is 2.24. The number of carbonyl (C=O) groups is 1. The molecular formula is C12H17N3O2. The van der Waals surface area contributed by atoms with Crippen LogP contribution in [0.25, 0.3) is 0 Å². The van der Waals surface area contributed by atoms with Crippen LogP contribution in [0, 0.1) is 0 Å². The zero-order valence-electron chi connectivity index (χ0n) is 9.52. The van der Waals surface area contributed by atoms with Crippen molar-refractivity contribution >= 4 is 11.6 Å². The second kappa shape index (κ2) is 4.83. The van der Waals surface area contributed by atoms with E-state index in [-0.39, 0.29) is 12.5 Å². The lowest BCUT2D eigenvalue weighted by Crippen LogP contribution is -2.33. The van der Waals surface area contributed by atoms with E-state index in [1.807, 2.05) is 18.2 Å². The molecule has 0 fully saturated rings. The minimum Gasteiger partial charge on any atom is -0.390 e. The van der Waals surface area contributed by atoms with Gasteiger partial charge in [-0.3, -0.25) is 4.79 Å². The van der Waals surface area contributed by atoms with Crippen LogP contribution in [-0.4, -0.2) is 23.7 Å². The summed E-state index contributed by atoms with van der Waals surface area (Å²) in [6, 6.07) is 5.08. The van der Waals surface area contributed by atoms with Crippen molar-refractivity contribution in [2.45, 2.75) is 25.0 Å². The molecule has 2 atom stereocenters. The van der Waals surface area contributed by atoms with Gasteiger partial charge >= 0.3 is 0 Å². The van der Waals surface area contributed by atoms with Crippen LogP contribution >= 0.6 is 0 Å². The monoisotopic (exact) mass is 235 g/mol. The summed E-state index contributed by atoms with van der Waals surface area (Å²) in [5.74, 6) is 0.0385. The molecule has 0 aliphatic carbocycles. The molecule has 5 nitrogen and oxygen atoms in total. The Morgan fingerprint density at radius 1 is 1.41 bits per heavy atom. The molecule has 0 saturated carbocycles. The highest BCUT2D eigenvalue weighted by Crippen LogP contribution is 2.26. The van der Waals surface area contributed by atoms with Crippen LogP contribution in [-0.2, 0) is 11.2 Å². The number of anilines is 1. The first kappa shape index (κ1) is 12.0. The lowest BCUT2D eigenvalue weighted by Gasteiger charge is -2.21. The van der Waals surface area contributed by atoms with Gasteiger partial charge in [0.25, 0.3) is 0 Å². The Hall–Kier alpha value is -1.43. The van der Waals surface area contributed by atoms with Gasteiger partial charge in [-0.25, -0.2) is 0 Å². The van der Waals surface area contributed by atoms with E-state index in [9.17, 15) is 9.90 Å². The van der Waals surface area contributed by atoms with Crippen molar-refractivity contribution in [3.05, 3.63) is 29.3 Å². The molecule has 1 amide bonds. The van der Waals surface area contributed by atoms with Gasteiger partial charge in [-0.2, -0.15) is 0 Å². The maximum absolute atomic E-state index is 11.2. The summed E-state index contributed by atoms with van der Waals surface area (Å²) in [6.45, 7) is 0.134. The van der Waals surface area contributed by atoms with E-state index in [0.29, 0.717) is 12.8 Å². The number of nitrogens with two attached hydrogens (primary N) is 2. The highest BCUT2D eigenvalue weighted by Gasteiger charge is 2.19. The Morgan fingerprint density at radius 3 is 2.88 bits per heavy atom. The standard InChI is InChI=1S/C12H17N3O2/c13-6-10(16)12(14)8-1-3-9-7(5-8)2-4-11(17)15-9/h1,3,5,10,12,16H,2,4,6,13-14H2,(H,15,17). The summed E-state index contributed by atoms with van der Waals surface area (Å²) in [7, 11) is 0. The molecule has 2 unspecified atom stereocenters. The van der Waals surface area contributed by atoms with Gasteiger partial charge in [0.05, 0.1) is 12.1 Å². The number of aliphatic hydroxyl groups excluding tert-OH is 1. The predicted molar refractivity (Wildman–Crippen MR) is 65.4 cm³/mol. The number of amides is 1. The molecule has 6 N–H and O–H groups in total. The lowest BCUT2D eigenvalue weighted by molar-refractivity contribution is -0.116. The van der Waals surface area contributed by atoms with Crippen molar-refractivity contribution in [1.29, 1.82) is 0 Å². The van der Waals surface area contributed by atoms with Crippen LogP contribution in [0.1, 0.15) is 23.6 Å². The summed E-state index contributed by atoms with van der Waals surface area (Å²) in [4.78, 5) is 11.2. The molecule has 0 radical (unpaired) electrons. The van der Waals surface area contributed by atoms with E-state index >= 15 is 0 Å². The number of benzene rings is 1. The Morgan fingerprint density at radius 2 is 2.18 bits per heavy atom. The summed E-state index contributed by atoms with van der Waals surface area (Å²) >= 11 is 0. The second-order valence-corrected chi connectivity index (χ2v) is 4.29. The van der Waals surface area contributed by atoms with Crippen LogP contribution in [0.3, 0.4) is 0 Å². The fourth-order valence-corrected chi connectivity index (χ4v) is 1.98. The SMILES string of the molecule is NCC(O)C(N)c1ccc2c(c1)CCC(=O)N2. The lowest BCUT2D eigenvalue weighted by atomic mass is 9.95. The highest BCUT2D eigenvalue weighted by molar-refractivity contribution is 5.93. The minimum absolute atomic E-state index is 0.0385.